The molecule has 88 valence electrons. The predicted molar refractivity (Wildman–Crippen MR) is 58.9 cm³/mol. The maximum atomic E-state index is 12.9. The molecule has 0 bridgehead atoms. The van der Waals surface area contributed by atoms with Gasteiger partial charge in [-0.3, -0.25) is 0 Å². The zero-order chi connectivity index (χ0) is 11.5. The molecule has 5 heteroatoms. The van der Waals surface area contributed by atoms with Crippen LogP contribution in [0.25, 0.3) is 0 Å². The van der Waals surface area contributed by atoms with Gasteiger partial charge in [0.05, 0.1) is 0 Å². The molecule has 16 heavy (non-hydrogen) atoms. The highest BCUT2D eigenvalue weighted by Crippen LogP contribution is 2.18. The van der Waals surface area contributed by atoms with E-state index < -0.39 is 17.5 Å². The third-order valence-electron chi connectivity index (χ3n) is 2.57. The van der Waals surface area contributed by atoms with Crippen LogP contribution in [0.4, 0.5) is 13.2 Å². The molecule has 1 aliphatic heterocycles. The average Bonchev–Trinajstić information content (AvgIpc) is 2.75. The van der Waals surface area contributed by atoms with Crippen molar-refractivity contribution in [2.24, 2.45) is 0 Å². The fraction of sp³-hybridized carbons (Fsp3) is 0.455. The number of hydrogen-bond donors (Lipinski definition) is 1. The summed E-state index contributed by atoms with van der Waals surface area (Å²) in [5.74, 6) is -1.52. The Bertz CT molecular complexity index is 354. The second kappa shape index (κ2) is 5.10. The van der Waals surface area contributed by atoms with Gasteiger partial charge in [-0.15, -0.1) is 0 Å². The highest BCUT2D eigenvalue weighted by molar-refractivity contribution is 7.99. The van der Waals surface area contributed by atoms with Crippen molar-refractivity contribution in [1.29, 1.82) is 0 Å². The van der Waals surface area contributed by atoms with Crippen molar-refractivity contribution in [3.63, 3.8) is 0 Å². The smallest absolute Gasteiger partial charge is 0.194 e. The van der Waals surface area contributed by atoms with Gasteiger partial charge < -0.3 is 5.32 Å². The Morgan fingerprint density at radius 3 is 2.50 bits per heavy atom. The minimum absolute atomic E-state index is 0.374. The normalized spacial score (nSPS) is 20.3. The zero-order valence-corrected chi connectivity index (χ0v) is 9.42. The maximum Gasteiger partial charge on any atom is 0.194 e. The van der Waals surface area contributed by atoms with Gasteiger partial charge in [-0.1, -0.05) is 0 Å². The fourth-order valence-electron chi connectivity index (χ4n) is 1.67. The van der Waals surface area contributed by atoms with Crippen LogP contribution < -0.4 is 5.32 Å². The summed E-state index contributed by atoms with van der Waals surface area (Å²) in [6, 6.07) is 2.46. The topological polar surface area (TPSA) is 12.0 Å². The first-order valence-corrected chi connectivity index (χ1v) is 6.27. The van der Waals surface area contributed by atoms with Crippen molar-refractivity contribution in [1.82, 2.24) is 5.32 Å². The van der Waals surface area contributed by atoms with Gasteiger partial charge in [-0.05, 0) is 29.9 Å². The monoisotopic (exact) mass is 247 g/mol. The third-order valence-corrected chi connectivity index (χ3v) is 3.73. The molecule has 1 unspecified atom stereocenters. The summed E-state index contributed by atoms with van der Waals surface area (Å²) in [6.07, 6.45) is 1.07. The van der Waals surface area contributed by atoms with Crippen LogP contribution >= 0.6 is 11.8 Å². The van der Waals surface area contributed by atoms with Crippen molar-refractivity contribution in [3.05, 3.63) is 35.1 Å². The fourth-order valence-corrected chi connectivity index (χ4v) is 2.85. The van der Waals surface area contributed by atoms with Gasteiger partial charge in [0.2, 0.25) is 0 Å². The first kappa shape index (κ1) is 11.8. The van der Waals surface area contributed by atoms with E-state index in [-0.39, 0.29) is 0 Å². The molecule has 1 N–H and O–H groups in total. The molecule has 2 rings (SSSR count). The van der Waals surface area contributed by atoms with Gasteiger partial charge >= 0.3 is 0 Å². The first-order valence-electron chi connectivity index (χ1n) is 5.11. The van der Waals surface area contributed by atoms with Crippen LogP contribution in [0.3, 0.4) is 0 Å². The second-order valence-electron chi connectivity index (χ2n) is 3.81. The molecular weight excluding hydrogens is 235 g/mol. The van der Waals surface area contributed by atoms with Crippen molar-refractivity contribution >= 4 is 11.8 Å². The molecule has 1 aromatic carbocycles. The largest absolute Gasteiger partial charge is 0.309 e. The molecule has 1 nitrogen and oxygen atoms in total. The van der Waals surface area contributed by atoms with Crippen LogP contribution in [0.1, 0.15) is 12.0 Å². The lowest BCUT2D eigenvalue weighted by atomic mass is 10.2. The molecule has 1 saturated heterocycles. The Hall–Kier alpha value is -0.680. The average molecular weight is 247 g/mol. The van der Waals surface area contributed by atoms with Gasteiger partial charge in [0, 0.05) is 18.3 Å². The summed E-state index contributed by atoms with van der Waals surface area (Å²) in [5.41, 5.74) is 0.438. The summed E-state index contributed by atoms with van der Waals surface area (Å²) in [5, 5.41) is 3.20. The Morgan fingerprint density at radius 1 is 1.25 bits per heavy atom. The number of nitrogens with one attached hydrogen (secondary N) is 1. The summed E-state index contributed by atoms with van der Waals surface area (Å²) >= 11 is 1.86. The molecule has 1 atom stereocenters. The van der Waals surface area contributed by atoms with E-state index in [4.69, 9.17) is 0 Å². The van der Waals surface area contributed by atoms with E-state index in [9.17, 15) is 13.2 Å². The number of hydrogen-bond acceptors (Lipinski definition) is 2. The second-order valence-corrected chi connectivity index (χ2v) is 4.96. The maximum absolute atomic E-state index is 12.9. The summed E-state index contributed by atoms with van der Waals surface area (Å²) < 4.78 is 38.5. The minimum atomic E-state index is -1.40. The van der Waals surface area contributed by atoms with Gasteiger partial charge in [-0.25, -0.2) is 13.2 Å². The number of thioether (sulfide) groups is 1. The SMILES string of the molecule is Fc1cc(CNC2CCSC2)cc(F)c1F. The zero-order valence-electron chi connectivity index (χ0n) is 8.60. The van der Waals surface area contributed by atoms with E-state index in [1.807, 2.05) is 11.8 Å². The highest BCUT2D eigenvalue weighted by atomic mass is 32.2. The molecule has 0 spiro atoms. The van der Waals surface area contributed by atoms with Crippen LogP contribution in [-0.2, 0) is 6.54 Å². The Morgan fingerprint density at radius 2 is 1.94 bits per heavy atom. The van der Waals surface area contributed by atoms with Crippen molar-refractivity contribution in [3.8, 4) is 0 Å². The van der Waals surface area contributed by atoms with Crippen molar-refractivity contribution in [2.75, 3.05) is 11.5 Å². The van der Waals surface area contributed by atoms with Crippen LogP contribution in [0.15, 0.2) is 12.1 Å². The van der Waals surface area contributed by atoms with E-state index >= 15 is 0 Å². The Kier molecular flexibility index (Phi) is 3.76. The van der Waals surface area contributed by atoms with E-state index in [0.29, 0.717) is 18.2 Å². The molecule has 0 radical (unpaired) electrons. The molecule has 0 aliphatic carbocycles. The highest BCUT2D eigenvalue weighted by Gasteiger charge is 2.15. The van der Waals surface area contributed by atoms with Crippen LogP contribution in [0.2, 0.25) is 0 Å². The molecular formula is C11H12F3NS. The van der Waals surface area contributed by atoms with Crippen molar-refractivity contribution in [2.45, 2.75) is 19.0 Å². The van der Waals surface area contributed by atoms with Gasteiger partial charge in [0.15, 0.2) is 17.5 Å². The molecule has 0 saturated carbocycles. The molecule has 0 amide bonds. The third kappa shape index (κ3) is 2.71. The summed E-state index contributed by atoms with van der Waals surface area (Å²) in [4.78, 5) is 0. The molecule has 1 heterocycles. The van der Waals surface area contributed by atoms with Gasteiger partial charge in [0.1, 0.15) is 0 Å². The summed E-state index contributed by atoms with van der Waals surface area (Å²) in [6.45, 7) is 0.374. The van der Waals surface area contributed by atoms with Crippen LogP contribution in [0, 0.1) is 17.5 Å². The minimum Gasteiger partial charge on any atom is -0.309 e. The molecule has 1 fully saturated rings. The number of halogens is 3. The van der Waals surface area contributed by atoms with E-state index in [1.54, 1.807) is 0 Å². The molecule has 1 aliphatic rings. The lowest BCUT2D eigenvalue weighted by Gasteiger charge is -2.11. The van der Waals surface area contributed by atoms with Crippen LogP contribution in [0.5, 0.6) is 0 Å². The standard InChI is InChI=1S/C11H12F3NS/c12-9-3-7(4-10(13)11(9)14)5-15-8-1-2-16-6-8/h3-4,8,15H,1-2,5-6H2. The van der Waals surface area contributed by atoms with Gasteiger partial charge in [0.25, 0.3) is 0 Å². The van der Waals surface area contributed by atoms with E-state index in [1.165, 1.54) is 0 Å². The number of benzene rings is 1. The van der Waals surface area contributed by atoms with E-state index in [2.05, 4.69) is 5.32 Å². The van der Waals surface area contributed by atoms with Gasteiger partial charge in [-0.2, -0.15) is 11.8 Å². The quantitative estimate of drug-likeness (QED) is 0.824. The molecule has 0 aromatic heterocycles. The number of rotatable bonds is 3. The van der Waals surface area contributed by atoms with Crippen LogP contribution in [-0.4, -0.2) is 17.5 Å². The Balaban J connectivity index is 1.98. The Labute approximate surface area is 96.4 Å². The lowest BCUT2D eigenvalue weighted by molar-refractivity contribution is 0.443. The first-order chi connectivity index (χ1) is 7.66. The summed E-state index contributed by atoms with van der Waals surface area (Å²) in [7, 11) is 0. The predicted octanol–water partition coefficient (Wildman–Crippen LogP) is 2.70. The van der Waals surface area contributed by atoms with E-state index in [0.717, 1.165) is 30.1 Å². The molecule has 1 aromatic rings. The van der Waals surface area contributed by atoms with Crippen molar-refractivity contribution < 1.29 is 13.2 Å². The lowest BCUT2D eigenvalue weighted by Crippen LogP contribution is -2.28.